The van der Waals surface area contributed by atoms with Crippen LogP contribution in [0.1, 0.15) is 6.92 Å². The summed E-state index contributed by atoms with van der Waals surface area (Å²) in [6, 6.07) is 1.89. The van der Waals surface area contributed by atoms with Crippen molar-refractivity contribution in [2.24, 2.45) is 0 Å². The van der Waals surface area contributed by atoms with Gasteiger partial charge in [-0.1, -0.05) is 0 Å². The van der Waals surface area contributed by atoms with Crippen molar-refractivity contribution in [3.05, 3.63) is 17.9 Å². The summed E-state index contributed by atoms with van der Waals surface area (Å²) in [5.41, 5.74) is 5.36. The number of aliphatic hydroxyl groups is 1. The van der Waals surface area contributed by atoms with Crippen LogP contribution in [0.4, 0.5) is 10.1 Å². The first kappa shape index (κ1) is 14.7. The zero-order chi connectivity index (χ0) is 13.9. The van der Waals surface area contributed by atoms with E-state index in [-0.39, 0.29) is 22.9 Å². The van der Waals surface area contributed by atoms with Crippen LogP contribution >= 0.6 is 0 Å². The number of rotatable bonds is 5. The monoisotopic (exact) mass is 278 g/mol. The number of benzene rings is 1. The zero-order valence-corrected chi connectivity index (χ0v) is 10.8. The molecular weight excluding hydrogens is 263 g/mol. The van der Waals surface area contributed by atoms with Crippen molar-refractivity contribution in [1.82, 2.24) is 4.72 Å². The molecule has 18 heavy (non-hydrogen) atoms. The van der Waals surface area contributed by atoms with E-state index in [1.54, 1.807) is 0 Å². The largest absolute Gasteiger partial charge is 0.492 e. The van der Waals surface area contributed by atoms with E-state index >= 15 is 0 Å². The van der Waals surface area contributed by atoms with Gasteiger partial charge in [-0.2, -0.15) is 0 Å². The average molecular weight is 278 g/mol. The van der Waals surface area contributed by atoms with Gasteiger partial charge in [0.1, 0.15) is 0 Å². The molecule has 102 valence electrons. The fourth-order valence-electron chi connectivity index (χ4n) is 1.27. The quantitative estimate of drug-likeness (QED) is 0.662. The molecule has 0 aliphatic heterocycles. The van der Waals surface area contributed by atoms with Gasteiger partial charge in [-0.05, 0) is 19.1 Å². The van der Waals surface area contributed by atoms with Crippen molar-refractivity contribution >= 4 is 15.7 Å². The minimum Gasteiger partial charge on any atom is -0.492 e. The standard InChI is InChI=1S/C10H15FN2O4S/c1-6(14)5-13-18(15,16)7-3-8(11)10(17-2)9(12)4-7/h3-4,6,13-14H,5,12H2,1-2H3/t6-/m0/s1. The Balaban J connectivity index is 3.11. The molecule has 0 bridgehead atoms. The van der Waals surface area contributed by atoms with Gasteiger partial charge >= 0.3 is 0 Å². The van der Waals surface area contributed by atoms with Crippen molar-refractivity contribution in [1.29, 1.82) is 0 Å². The summed E-state index contributed by atoms with van der Waals surface area (Å²) >= 11 is 0. The minimum absolute atomic E-state index is 0.116. The predicted octanol–water partition coefficient (Wildman–Crippen LogP) is 0.0756. The number of sulfonamides is 1. The minimum atomic E-state index is -3.91. The summed E-state index contributed by atoms with van der Waals surface area (Å²) in [4.78, 5) is -0.320. The second-order valence-corrected chi connectivity index (χ2v) is 5.50. The van der Waals surface area contributed by atoms with Gasteiger partial charge in [0.15, 0.2) is 11.6 Å². The molecule has 0 saturated carbocycles. The first-order valence-corrected chi connectivity index (χ1v) is 6.57. The van der Waals surface area contributed by atoms with E-state index in [4.69, 9.17) is 10.8 Å². The van der Waals surface area contributed by atoms with Crippen LogP contribution in [0.25, 0.3) is 0 Å². The maximum absolute atomic E-state index is 13.5. The fraction of sp³-hybridized carbons (Fsp3) is 0.400. The molecule has 0 aromatic heterocycles. The predicted molar refractivity (Wildman–Crippen MR) is 64.2 cm³/mol. The molecule has 0 unspecified atom stereocenters. The number of halogens is 1. The first-order valence-electron chi connectivity index (χ1n) is 5.08. The van der Waals surface area contributed by atoms with Gasteiger partial charge < -0.3 is 15.6 Å². The van der Waals surface area contributed by atoms with Crippen molar-refractivity contribution in [2.45, 2.75) is 17.9 Å². The molecule has 0 saturated heterocycles. The number of ether oxygens (including phenoxy) is 1. The number of aliphatic hydroxyl groups excluding tert-OH is 1. The molecule has 0 amide bonds. The molecule has 0 fully saturated rings. The third kappa shape index (κ3) is 3.31. The molecule has 0 heterocycles. The zero-order valence-electron chi connectivity index (χ0n) is 9.97. The highest BCUT2D eigenvalue weighted by Crippen LogP contribution is 2.28. The Morgan fingerprint density at radius 3 is 2.61 bits per heavy atom. The van der Waals surface area contributed by atoms with Gasteiger partial charge in [-0.3, -0.25) is 0 Å². The van der Waals surface area contributed by atoms with E-state index < -0.39 is 21.9 Å². The Labute approximate surface area is 105 Å². The molecular formula is C10H15FN2O4S. The highest BCUT2D eigenvalue weighted by atomic mass is 32.2. The molecule has 0 spiro atoms. The Morgan fingerprint density at radius 1 is 1.56 bits per heavy atom. The number of nitrogens with one attached hydrogen (secondary N) is 1. The van der Waals surface area contributed by atoms with Gasteiger partial charge in [0, 0.05) is 6.54 Å². The van der Waals surface area contributed by atoms with Crippen LogP contribution < -0.4 is 15.2 Å². The van der Waals surface area contributed by atoms with E-state index in [2.05, 4.69) is 9.46 Å². The first-order chi connectivity index (χ1) is 8.27. The maximum Gasteiger partial charge on any atom is 0.240 e. The average Bonchev–Trinajstić information content (AvgIpc) is 2.26. The van der Waals surface area contributed by atoms with Crippen molar-refractivity contribution in [3.8, 4) is 5.75 Å². The third-order valence-electron chi connectivity index (χ3n) is 2.13. The lowest BCUT2D eigenvalue weighted by molar-refractivity contribution is 0.198. The molecule has 1 rings (SSSR count). The van der Waals surface area contributed by atoms with Gasteiger partial charge in [-0.25, -0.2) is 17.5 Å². The summed E-state index contributed by atoms with van der Waals surface area (Å²) in [5, 5.41) is 9.01. The van der Waals surface area contributed by atoms with E-state index in [9.17, 15) is 12.8 Å². The highest BCUT2D eigenvalue weighted by Gasteiger charge is 2.19. The molecule has 1 aromatic carbocycles. The van der Waals surface area contributed by atoms with E-state index in [1.807, 2.05) is 0 Å². The number of nitrogen functional groups attached to an aromatic ring is 1. The lowest BCUT2D eigenvalue weighted by atomic mass is 10.3. The Hall–Kier alpha value is -1.38. The van der Waals surface area contributed by atoms with Crippen molar-refractivity contribution in [2.75, 3.05) is 19.4 Å². The smallest absolute Gasteiger partial charge is 0.240 e. The van der Waals surface area contributed by atoms with Crippen LogP contribution in [0.5, 0.6) is 5.75 Å². The van der Waals surface area contributed by atoms with Crippen molar-refractivity contribution in [3.63, 3.8) is 0 Å². The van der Waals surface area contributed by atoms with Crippen LogP contribution in [0, 0.1) is 5.82 Å². The van der Waals surface area contributed by atoms with E-state index in [0.29, 0.717) is 0 Å². The molecule has 0 aliphatic carbocycles. The second-order valence-electron chi connectivity index (χ2n) is 3.73. The van der Waals surface area contributed by atoms with E-state index in [1.165, 1.54) is 14.0 Å². The van der Waals surface area contributed by atoms with Gasteiger partial charge in [0.05, 0.1) is 23.8 Å². The summed E-state index contributed by atoms with van der Waals surface area (Å²) in [5.74, 6) is -1.07. The number of hydrogen-bond acceptors (Lipinski definition) is 5. The number of hydrogen-bond donors (Lipinski definition) is 3. The topological polar surface area (TPSA) is 102 Å². The third-order valence-corrected chi connectivity index (χ3v) is 3.53. The van der Waals surface area contributed by atoms with Crippen molar-refractivity contribution < 1.29 is 22.7 Å². The van der Waals surface area contributed by atoms with Crippen LogP contribution in [0.2, 0.25) is 0 Å². The van der Waals surface area contributed by atoms with Gasteiger partial charge in [-0.15, -0.1) is 0 Å². The van der Waals surface area contributed by atoms with Gasteiger partial charge in [0.2, 0.25) is 10.0 Å². The van der Waals surface area contributed by atoms with Crippen LogP contribution in [0.3, 0.4) is 0 Å². The summed E-state index contributed by atoms with van der Waals surface area (Å²) < 4.78 is 43.8. The second kappa shape index (κ2) is 5.51. The Bertz CT molecular complexity index is 508. The van der Waals surface area contributed by atoms with E-state index in [0.717, 1.165) is 12.1 Å². The van der Waals surface area contributed by atoms with Gasteiger partial charge in [0.25, 0.3) is 0 Å². The number of anilines is 1. The molecule has 1 atom stereocenters. The lowest BCUT2D eigenvalue weighted by Gasteiger charge is -2.11. The number of methoxy groups -OCH3 is 1. The molecule has 1 aromatic rings. The normalized spacial score (nSPS) is 13.3. The molecule has 0 radical (unpaired) electrons. The molecule has 6 nitrogen and oxygen atoms in total. The molecule has 0 aliphatic rings. The summed E-state index contributed by atoms with van der Waals surface area (Å²) in [6.07, 6.45) is -0.847. The summed E-state index contributed by atoms with van der Waals surface area (Å²) in [6.45, 7) is 1.25. The van der Waals surface area contributed by atoms with Crippen LogP contribution in [-0.2, 0) is 10.0 Å². The molecule has 4 N–H and O–H groups in total. The fourth-order valence-corrected chi connectivity index (χ4v) is 2.44. The SMILES string of the molecule is COc1c(N)cc(S(=O)(=O)NC[C@H](C)O)cc1F. The highest BCUT2D eigenvalue weighted by molar-refractivity contribution is 7.89. The Morgan fingerprint density at radius 2 is 2.17 bits per heavy atom. The Kier molecular flexibility index (Phi) is 4.49. The van der Waals surface area contributed by atoms with Crippen LogP contribution in [0.15, 0.2) is 17.0 Å². The van der Waals surface area contributed by atoms with Crippen LogP contribution in [-0.4, -0.2) is 33.3 Å². The molecule has 8 heteroatoms. The summed E-state index contributed by atoms with van der Waals surface area (Å²) in [7, 11) is -2.68. The number of nitrogens with two attached hydrogens (primary N) is 1. The maximum atomic E-state index is 13.5. The lowest BCUT2D eigenvalue weighted by Crippen LogP contribution is -2.30.